The minimum Gasteiger partial charge on any atom is -0.488 e. The van der Waals surface area contributed by atoms with E-state index in [1.165, 1.54) is 25.3 Å². The van der Waals surface area contributed by atoms with Crippen molar-refractivity contribution in [3.63, 3.8) is 0 Å². The molecule has 0 spiro atoms. The van der Waals surface area contributed by atoms with Crippen molar-refractivity contribution >= 4 is 35.6 Å². The molecule has 3 rings (SSSR count). The van der Waals surface area contributed by atoms with Crippen LogP contribution in [0.15, 0.2) is 53.1 Å². The summed E-state index contributed by atoms with van der Waals surface area (Å²) in [6.07, 6.45) is 3.10. The first-order valence-corrected chi connectivity index (χ1v) is 8.85. The third kappa shape index (κ3) is 4.49. The zero-order valence-corrected chi connectivity index (χ0v) is 16.2. The Hall–Kier alpha value is -3.52. The number of methoxy groups -OCH3 is 1. The molecule has 29 heavy (non-hydrogen) atoms. The molecule has 0 aliphatic carbocycles. The molecule has 1 aliphatic rings. The SMILES string of the molecule is C=CCOc1ccc(/C=C2\NC(=O)N(Cc3ccc(C(=O)OC)o3)C2=O)cc1Cl. The van der Waals surface area contributed by atoms with Crippen molar-refractivity contribution in [2.24, 2.45) is 0 Å². The molecule has 0 radical (unpaired) electrons. The standard InChI is InChI=1S/C20H17ClN2O6/c1-3-8-28-16-6-4-12(9-14(16)21)10-15-18(24)23(20(26)22-15)11-13-5-7-17(29-13)19(25)27-2/h3-7,9-10H,1,8,11H2,2H3,(H,22,26)/b15-10-. The van der Waals surface area contributed by atoms with Gasteiger partial charge in [-0.15, -0.1) is 0 Å². The van der Waals surface area contributed by atoms with Crippen LogP contribution in [-0.4, -0.2) is 36.5 Å². The van der Waals surface area contributed by atoms with E-state index >= 15 is 0 Å². The number of imide groups is 1. The molecule has 1 aliphatic heterocycles. The van der Waals surface area contributed by atoms with Gasteiger partial charge in [-0.2, -0.15) is 0 Å². The van der Waals surface area contributed by atoms with Gasteiger partial charge >= 0.3 is 12.0 Å². The molecule has 3 amide bonds. The highest BCUT2D eigenvalue weighted by molar-refractivity contribution is 6.32. The second-order valence-corrected chi connectivity index (χ2v) is 6.33. The van der Waals surface area contributed by atoms with Gasteiger partial charge in [-0.05, 0) is 35.9 Å². The van der Waals surface area contributed by atoms with Crippen molar-refractivity contribution in [3.8, 4) is 5.75 Å². The van der Waals surface area contributed by atoms with E-state index in [0.29, 0.717) is 22.9 Å². The summed E-state index contributed by atoms with van der Waals surface area (Å²) >= 11 is 6.17. The van der Waals surface area contributed by atoms with Crippen LogP contribution in [0.25, 0.3) is 6.08 Å². The second-order valence-electron chi connectivity index (χ2n) is 5.93. The predicted octanol–water partition coefficient (Wildman–Crippen LogP) is 3.38. The van der Waals surface area contributed by atoms with Crippen molar-refractivity contribution in [2.75, 3.05) is 13.7 Å². The van der Waals surface area contributed by atoms with E-state index in [2.05, 4.69) is 16.6 Å². The van der Waals surface area contributed by atoms with Crippen LogP contribution in [0, 0.1) is 0 Å². The fourth-order valence-corrected chi connectivity index (χ4v) is 2.83. The molecule has 1 fully saturated rings. The van der Waals surface area contributed by atoms with Crippen molar-refractivity contribution in [1.29, 1.82) is 0 Å². The molecule has 0 unspecified atom stereocenters. The minimum atomic E-state index is -0.647. The first-order chi connectivity index (χ1) is 13.9. The molecule has 2 aromatic rings. The largest absolute Gasteiger partial charge is 0.488 e. The summed E-state index contributed by atoms with van der Waals surface area (Å²) in [5.74, 6) is -0.447. The fraction of sp³-hybridized carbons (Fsp3) is 0.150. The number of halogens is 1. The van der Waals surface area contributed by atoms with Gasteiger partial charge in [0.15, 0.2) is 0 Å². The Morgan fingerprint density at radius 3 is 2.79 bits per heavy atom. The molecule has 0 atom stereocenters. The molecule has 0 bridgehead atoms. The van der Waals surface area contributed by atoms with Crippen LogP contribution >= 0.6 is 11.6 Å². The van der Waals surface area contributed by atoms with Gasteiger partial charge < -0.3 is 19.2 Å². The number of hydrogen-bond acceptors (Lipinski definition) is 6. The molecule has 1 N–H and O–H groups in total. The second kappa shape index (κ2) is 8.66. The highest BCUT2D eigenvalue weighted by atomic mass is 35.5. The Morgan fingerprint density at radius 1 is 1.31 bits per heavy atom. The monoisotopic (exact) mass is 416 g/mol. The van der Waals surface area contributed by atoms with Gasteiger partial charge in [0.05, 0.1) is 18.7 Å². The van der Waals surface area contributed by atoms with Crippen LogP contribution in [0.3, 0.4) is 0 Å². The average Bonchev–Trinajstić information content (AvgIpc) is 3.27. The number of hydrogen-bond donors (Lipinski definition) is 1. The van der Waals surface area contributed by atoms with Crippen LogP contribution in [-0.2, 0) is 16.1 Å². The molecule has 1 aromatic heterocycles. The summed E-state index contributed by atoms with van der Waals surface area (Å²) in [5, 5.41) is 2.87. The number of nitrogens with one attached hydrogen (secondary N) is 1. The quantitative estimate of drug-likeness (QED) is 0.321. The van der Waals surface area contributed by atoms with Crippen molar-refractivity contribution in [1.82, 2.24) is 10.2 Å². The normalized spacial score (nSPS) is 14.8. The van der Waals surface area contributed by atoms with E-state index in [4.69, 9.17) is 20.8 Å². The minimum absolute atomic E-state index is 0.0151. The molecule has 150 valence electrons. The van der Waals surface area contributed by atoms with Gasteiger partial charge in [0.2, 0.25) is 5.76 Å². The Bertz CT molecular complexity index is 1010. The molecule has 2 heterocycles. The molecule has 8 nitrogen and oxygen atoms in total. The van der Waals surface area contributed by atoms with E-state index in [-0.39, 0.29) is 23.8 Å². The Morgan fingerprint density at radius 2 is 2.10 bits per heavy atom. The first kappa shape index (κ1) is 20.2. The average molecular weight is 417 g/mol. The summed E-state index contributed by atoms with van der Waals surface area (Å²) in [7, 11) is 1.23. The summed E-state index contributed by atoms with van der Waals surface area (Å²) in [5.41, 5.74) is 0.697. The zero-order valence-electron chi connectivity index (χ0n) is 15.4. The van der Waals surface area contributed by atoms with Crippen molar-refractivity contribution in [2.45, 2.75) is 6.54 Å². The van der Waals surface area contributed by atoms with Crippen molar-refractivity contribution in [3.05, 3.63) is 70.8 Å². The number of urea groups is 1. The van der Waals surface area contributed by atoms with Gasteiger partial charge in [-0.1, -0.05) is 30.3 Å². The van der Waals surface area contributed by atoms with Gasteiger partial charge in [-0.3, -0.25) is 9.69 Å². The summed E-state index contributed by atoms with van der Waals surface area (Å²) in [6.45, 7) is 3.75. The molecule has 9 heteroatoms. The summed E-state index contributed by atoms with van der Waals surface area (Å²) < 4.78 is 15.3. The van der Waals surface area contributed by atoms with E-state index in [1.54, 1.807) is 24.3 Å². The molecule has 1 aromatic carbocycles. The maximum atomic E-state index is 12.6. The van der Waals surface area contributed by atoms with Crippen LogP contribution in [0.2, 0.25) is 5.02 Å². The molecular formula is C20H17ClN2O6. The van der Waals surface area contributed by atoms with E-state index in [9.17, 15) is 14.4 Å². The Labute approximate surface area is 171 Å². The summed E-state index contributed by atoms with van der Waals surface area (Å²) in [6, 6.07) is 7.28. The number of carbonyl (C=O) groups is 3. The molecular weight excluding hydrogens is 400 g/mol. The number of esters is 1. The van der Waals surface area contributed by atoms with Gasteiger partial charge in [0.25, 0.3) is 5.91 Å². The van der Waals surface area contributed by atoms with Gasteiger partial charge in [-0.25, -0.2) is 9.59 Å². The number of carbonyl (C=O) groups excluding carboxylic acids is 3. The number of rotatable bonds is 7. The lowest BCUT2D eigenvalue weighted by Crippen LogP contribution is -2.30. The maximum absolute atomic E-state index is 12.6. The number of benzene rings is 1. The fourth-order valence-electron chi connectivity index (χ4n) is 2.58. The van der Waals surface area contributed by atoms with E-state index in [1.807, 2.05) is 0 Å². The highest BCUT2D eigenvalue weighted by Gasteiger charge is 2.34. The van der Waals surface area contributed by atoms with Crippen molar-refractivity contribution < 1.29 is 28.3 Å². The number of furan rings is 1. The molecule has 1 saturated heterocycles. The van der Waals surface area contributed by atoms with Gasteiger partial charge in [0.1, 0.15) is 23.8 Å². The zero-order chi connectivity index (χ0) is 21.0. The Kier molecular flexibility index (Phi) is 6.04. The number of ether oxygens (including phenoxy) is 2. The molecule has 0 saturated carbocycles. The summed E-state index contributed by atoms with van der Waals surface area (Å²) in [4.78, 5) is 37.2. The predicted molar refractivity (Wildman–Crippen MR) is 104 cm³/mol. The van der Waals surface area contributed by atoms with Crippen LogP contribution in [0.5, 0.6) is 5.75 Å². The van der Waals surface area contributed by atoms with Crippen LogP contribution < -0.4 is 10.1 Å². The lowest BCUT2D eigenvalue weighted by molar-refractivity contribution is -0.123. The van der Waals surface area contributed by atoms with E-state index in [0.717, 1.165) is 4.90 Å². The lowest BCUT2D eigenvalue weighted by Gasteiger charge is -2.09. The highest BCUT2D eigenvalue weighted by Crippen LogP contribution is 2.27. The number of nitrogens with zero attached hydrogens (tertiary/aromatic N) is 1. The van der Waals surface area contributed by atoms with Crippen LogP contribution in [0.4, 0.5) is 4.79 Å². The number of amides is 3. The van der Waals surface area contributed by atoms with Crippen LogP contribution in [0.1, 0.15) is 21.9 Å². The smallest absolute Gasteiger partial charge is 0.373 e. The third-order valence-corrected chi connectivity index (χ3v) is 4.24. The topological polar surface area (TPSA) is 98.1 Å². The van der Waals surface area contributed by atoms with E-state index < -0.39 is 17.9 Å². The third-order valence-electron chi connectivity index (χ3n) is 3.95. The lowest BCUT2D eigenvalue weighted by atomic mass is 10.2. The maximum Gasteiger partial charge on any atom is 0.373 e. The van der Waals surface area contributed by atoms with Gasteiger partial charge in [0, 0.05) is 0 Å². The first-order valence-electron chi connectivity index (χ1n) is 8.47. The Balaban J connectivity index is 1.74.